The number of aromatic nitrogens is 1. The molecule has 0 unspecified atom stereocenters. The smallest absolute Gasteiger partial charge is 0.338 e. The maximum atomic E-state index is 14.0. The van der Waals surface area contributed by atoms with E-state index in [1.54, 1.807) is 57.2 Å². The Bertz CT molecular complexity index is 1890. The fourth-order valence-electron chi connectivity index (χ4n) is 4.88. The molecule has 4 aromatic rings. The number of carbonyl (C=O) groups is 2. The monoisotopic (exact) mass is 600 g/mol. The second-order valence-electron chi connectivity index (χ2n) is 10.0. The van der Waals surface area contributed by atoms with Crippen LogP contribution in [-0.2, 0) is 14.3 Å². The zero-order valence-electron chi connectivity index (χ0n) is 24.6. The lowest BCUT2D eigenvalue weighted by Crippen LogP contribution is -2.40. The lowest BCUT2D eigenvalue weighted by Gasteiger charge is -2.26. The Labute approximate surface area is 252 Å². The Hall–Kier alpha value is -4.70. The number of rotatable bonds is 9. The highest BCUT2D eigenvalue weighted by atomic mass is 32.1. The summed E-state index contributed by atoms with van der Waals surface area (Å²) in [5.41, 5.74) is 2.19. The van der Waals surface area contributed by atoms with E-state index in [9.17, 15) is 14.4 Å². The minimum absolute atomic E-state index is 0.126. The van der Waals surface area contributed by atoms with Crippen LogP contribution < -0.4 is 19.6 Å². The highest BCUT2D eigenvalue weighted by Crippen LogP contribution is 2.36. The molecule has 9 nitrogen and oxygen atoms in total. The lowest BCUT2D eigenvalue weighted by molar-refractivity contribution is -0.139. The molecule has 1 atom stereocenters. The molecule has 0 fully saturated rings. The molecule has 0 aliphatic carbocycles. The second-order valence-corrected chi connectivity index (χ2v) is 11.0. The fourth-order valence-corrected chi connectivity index (χ4v) is 5.91. The minimum Gasteiger partial charge on any atom is -0.491 e. The molecular weight excluding hydrogens is 568 g/mol. The molecule has 43 heavy (non-hydrogen) atoms. The normalized spacial score (nSPS) is 14.8. The van der Waals surface area contributed by atoms with Crippen molar-refractivity contribution < 1.29 is 28.2 Å². The highest BCUT2D eigenvalue weighted by Gasteiger charge is 2.35. The molecule has 0 N–H and O–H groups in total. The van der Waals surface area contributed by atoms with Crippen molar-refractivity contribution in [2.24, 2.45) is 4.99 Å². The van der Waals surface area contributed by atoms with Gasteiger partial charge in [0, 0.05) is 17.2 Å². The Balaban J connectivity index is 1.61. The van der Waals surface area contributed by atoms with Gasteiger partial charge in [-0.15, -0.1) is 0 Å². The molecule has 0 radical (unpaired) electrons. The van der Waals surface area contributed by atoms with Crippen LogP contribution in [-0.4, -0.2) is 35.8 Å². The number of fused-ring (bicyclic) bond motifs is 1. The van der Waals surface area contributed by atoms with Crippen LogP contribution in [0.5, 0.6) is 5.75 Å². The van der Waals surface area contributed by atoms with Crippen LogP contribution in [0.2, 0.25) is 0 Å². The van der Waals surface area contributed by atoms with E-state index < -0.39 is 18.0 Å². The van der Waals surface area contributed by atoms with Crippen molar-refractivity contribution in [1.29, 1.82) is 0 Å². The number of benzene rings is 2. The molecule has 0 saturated carbocycles. The number of ether oxygens (including phenoxy) is 3. The van der Waals surface area contributed by atoms with Crippen LogP contribution >= 0.6 is 11.3 Å². The van der Waals surface area contributed by atoms with Gasteiger partial charge in [0.1, 0.15) is 23.3 Å². The average Bonchev–Trinajstić information content (AvgIpc) is 3.57. The number of hydrogen-bond donors (Lipinski definition) is 0. The molecule has 222 valence electrons. The summed E-state index contributed by atoms with van der Waals surface area (Å²) in [5, 5.41) is 0. The van der Waals surface area contributed by atoms with Crippen LogP contribution in [0.15, 0.2) is 86.1 Å². The maximum absolute atomic E-state index is 14.0. The van der Waals surface area contributed by atoms with E-state index in [4.69, 9.17) is 18.6 Å². The summed E-state index contributed by atoms with van der Waals surface area (Å²) in [7, 11) is 0. The van der Waals surface area contributed by atoms with Crippen LogP contribution in [0.3, 0.4) is 0 Å². The van der Waals surface area contributed by atoms with Gasteiger partial charge in [0.2, 0.25) is 0 Å². The maximum Gasteiger partial charge on any atom is 0.338 e. The third-order valence-corrected chi connectivity index (χ3v) is 7.63. The summed E-state index contributed by atoms with van der Waals surface area (Å²) in [4.78, 5) is 44.5. The summed E-state index contributed by atoms with van der Waals surface area (Å²) < 4.78 is 24.6. The summed E-state index contributed by atoms with van der Waals surface area (Å²) >= 11 is 1.20. The number of allylic oxidation sites excluding steroid dienone is 1. The first-order valence-electron chi connectivity index (χ1n) is 14.0. The van der Waals surface area contributed by atoms with E-state index in [2.05, 4.69) is 4.99 Å². The van der Waals surface area contributed by atoms with E-state index in [0.717, 1.165) is 0 Å². The number of esters is 2. The van der Waals surface area contributed by atoms with E-state index in [1.807, 2.05) is 44.2 Å². The first-order valence-corrected chi connectivity index (χ1v) is 14.9. The summed E-state index contributed by atoms with van der Waals surface area (Å²) in [6.45, 7) is 9.53. The molecule has 0 amide bonds. The van der Waals surface area contributed by atoms with Crippen LogP contribution in [0, 0.1) is 0 Å². The minimum atomic E-state index is -0.801. The predicted octanol–water partition coefficient (Wildman–Crippen LogP) is 5.02. The van der Waals surface area contributed by atoms with Crippen molar-refractivity contribution >= 4 is 29.4 Å². The number of furan rings is 1. The highest BCUT2D eigenvalue weighted by molar-refractivity contribution is 7.07. The Kier molecular flexibility index (Phi) is 8.77. The molecule has 0 spiro atoms. The number of para-hydroxylation sites is 1. The summed E-state index contributed by atoms with van der Waals surface area (Å²) in [5.74, 6) is 0.591. The molecule has 0 bridgehead atoms. The Morgan fingerprint density at radius 2 is 1.77 bits per heavy atom. The van der Waals surface area contributed by atoms with Gasteiger partial charge in [-0.2, -0.15) is 0 Å². The van der Waals surface area contributed by atoms with E-state index >= 15 is 0 Å². The molecule has 10 heteroatoms. The SMILES string of the molecule is CCOC(=O)C1=C(C)N=c2s/c(=C\c3ccc(-c4cccc(C(=O)OCC)c4)o3)c(=O)n2[C@H]1c1ccccc1OC(C)C. The standard InChI is InChI=1S/C33H32N2O7S/c1-6-39-31(37)22-12-10-11-21(17-22)25-16-15-23(42-25)18-27-30(36)35-29(24-13-8-9-14-26(24)41-19(3)4)28(32(38)40-7-2)20(5)34-33(35)43-27/h8-19,29H,6-7H2,1-5H3/b27-18-/t29-/m0/s1. The van der Waals surface area contributed by atoms with Gasteiger partial charge in [0.25, 0.3) is 5.56 Å². The van der Waals surface area contributed by atoms with Gasteiger partial charge in [-0.1, -0.05) is 41.7 Å². The molecule has 2 aromatic heterocycles. The topological polar surface area (TPSA) is 109 Å². The van der Waals surface area contributed by atoms with Crippen molar-refractivity contribution in [3.63, 3.8) is 0 Å². The van der Waals surface area contributed by atoms with Gasteiger partial charge in [-0.25, -0.2) is 14.6 Å². The van der Waals surface area contributed by atoms with E-state index in [1.165, 1.54) is 15.9 Å². The van der Waals surface area contributed by atoms with Crippen molar-refractivity contribution in [1.82, 2.24) is 4.57 Å². The third-order valence-electron chi connectivity index (χ3n) is 6.65. The van der Waals surface area contributed by atoms with Crippen molar-refractivity contribution in [2.45, 2.75) is 46.8 Å². The van der Waals surface area contributed by atoms with Crippen LogP contribution in [0.25, 0.3) is 17.4 Å². The number of carbonyl (C=O) groups excluding carboxylic acids is 2. The first-order chi connectivity index (χ1) is 20.7. The zero-order valence-corrected chi connectivity index (χ0v) is 25.4. The van der Waals surface area contributed by atoms with Gasteiger partial charge in [0.15, 0.2) is 4.80 Å². The number of thiazole rings is 1. The van der Waals surface area contributed by atoms with Crippen LogP contribution in [0.4, 0.5) is 0 Å². The molecule has 1 aliphatic rings. The quantitative estimate of drug-likeness (QED) is 0.248. The predicted molar refractivity (Wildman–Crippen MR) is 163 cm³/mol. The van der Waals surface area contributed by atoms with E-state index in [0.29, 0.717) is 49.0 Å². The summed E-state index contributed by atoms with van der Waals surface area (Å²) in [6, 6.07) is 17.1. The third kappa shape index (κ3) is 6.10. The van der Waals surface area contributed by atoms with Gasteiger partial charge in [0.05, 0.1) is 40.7 Å². The Morgan fingerprint density at radius 3 is 2.51 bits per heavy atom. The van der Waals surface area contributed by atoms with Gasteiger partial charge in [-0.3, -0.25) is 9.36 Å². The van der Waals surface area contributed by atoms with Crippen molar-refractivity contribution in [2.75, 3.05) is 13.2 Å². The second kappa shape index (κ2) is 12.7. The van der Waals surface area contributed by atoms with E-state index in [-0.39, 0.29) is 30.5 Å². The van der Waals surface area contributed by atoms with Crippen molar-refractivity contribution in [3.8, 4) is 17.1 Å². The molecule has 5 rings (SSSR count). The van der Waals surface area contributed by atoms with Gasteiger partial charge in [-0.05, 0) is 65.0 Å². The average molecular weight is 601 g/mol. The molecular formula is C33H32N2O7S. The fraction of sp³-hybridized carbons (Fsp3) is 0.273. The number of hydrogen-bond acceptors (Lipinski definition) is 9. The number of nitrogens with zero attached hydrogens (tertiary/aromatic N) is 2. The molecule has 0 saturated heterocycles. The Morgan fingerprint density at radius 1 is 1.02 bits per heavy atom. The van der Waals surface area contributed by atoms with Crippen LogP contribution in [0.1, 0.15) is 62.3 Å². The molecule has 3 heterocycles. The zero-order chi connectivity index (χ0) is 30.7. The molecule has 1 aliphatic heterocycles. The van der Waals surface area contributed by atoms with Crippen molar-refractivity contribution in [3.05, 3.63) is 109 Å². The van der Waals surface area contributed by atoms with Gasteiger partial charge < -0.3 is 18.6 Å². The largest absolute Gasteiger partial charge is 0.491 e. The first kappa shape index (κ1) is 29.8. The van der Waals surface area contributed by atoms with Gasteiger partial charge >= 0.3 is 11.9 Å². The lowest BCUT2D eigenvalue weighted by atomic mass is 9.95. The summed E-state index contributed by atoms with van der Waals surface area (Å²) in [6.07, 6.45) is 1.53. The molecule has 2 aromatic carbocycles.